The normalized spacial score (nSPS) is 24.8. The fourth-order valence-corrected chi connectivity index (χ4v) is 3.83. The van der Waals surface area contributed by atoms with Crippen LogP contribution in [0.5, 0.6) is 0 Å². The van der Waals surface area contributed by atoms with Crippen molar-refractivity contribution in [3.8, 4) is 0 Å². The van der Waals surface area contributed by atoms with E-state index in [-0.39, 0.29) is 12.0 Å². The molecular weight excluding hydrogens is 276 g/mol. The molecule has 122 valence electrons. The summed E-state index contributed by atoms with van der Waals surface area (Å²) in [7, 11) is 2.01. The first-order valence-corrected chi connectivity index (χ1v) is 8.76. The van der Waals surface area contributed by atoms with Crippen molar-refractivity contribution in [1.82, 2.24) is 19.8 Å². The first kappa shape index (κ1) is 15.5. The Bertz CT molecular complexity index is 491. The van der Waals surface area contributed by atoms with E-state index in [1.54, 1.807) is 0 Å². The first-order chi connectivity index (χ1) is 10.8. The van der Waals surface area contributed by atoms with Crippen molar-refractivity contribution >= 4 is 5.91 Å². The van der Waals surface area contributed by atoms with Gasteiger partial charge in [-0.25, -0.2) is 4.98 Å². The highest BCUT2D eigenvalue weighted by molar-refractivity contribution is 5.79. The van der Waals surface area contributed by atoms with Crippen LogP contribution in [0.2, 0.25) is 0 Å². The number of amides is 1. The van der Waals surface area contributed by atoms with E-state index in [2.05, 4.69) is 15.2 Å². The van der Waals surface area contributed by atoms with Crippen LogP contribution in [-0.4, -0.2) is 40.0 Å². The van der Waals surface area contributed by atoms with E-state index < -0.39 is 0 Å². The third-order valence-electron chi connectivity index (χ3n) is 5.14. The maximum atomic E-state index is 13.1. The van der Waals surface area contributed by atoms with Crippen LogP contribution in [0.3, 0.4) is 0 Å². The topological polar surface area (TPSA) is 50.2 Å². The molecule has 2 heterocycles. The molecule has 0 radical (unpaired) electrons. The van der Waals surface area contributed by atoms with Crippen molar-refractivity contribution in [3.05, 3.63) is 18.2 Å². The Morgan fingerprint density at radius 2 is 1.95 bits per heavy atom. The highest BCUT2D eigenvalue weighted by Gasteiger charge is 2.33. The van der Waals surface area contributed by atoms with Crippen LogP contribution in [0.4, 0.5) is 0 Å². The molecule has 1 saturated carbocycles. The quantitative estimate of drug-likeness (QED) is 0.912. The molecule has 2 fully saturated rings. The Balaban J connectivity index is 1.74. The van der Waals surface area contributed by atoms with Crippen LogP contribution in [-0.2, 0) is 11.8 Å². The van der Waals surface area contributed by atoms with E-state index in [1.807, 2.05) is 24.0 Å². The van der Waals surface area contributed by atoms with Crippen LogP contribution in [0.15, 0.2) is 12.4 Å². The second kappa shape index (κ2) is 7.27. The number of imidazole rings is 1. The van der Waals surface area contributed by atoms with Crippen molar-refractivity contribution in [2.24, 2.45) is 13.0 Å². The summed E-state index contributed by atoms with van der Waals surface area (Å²) in [5, 5.41) is 3.41. The molecule has 22 heavy (non-hydrogen) atoms. The number of carbonyl (C=O) groups excluding carboxylic acids is 1. The summed E-state index contributed by atoms with van der Waals surface area (Å²) in [5.74, 6) is 1.57. The summed E-state index contributed by atoms with van der Waals surface area (Å²) in [6.45, 7) is 2.50. The Labute approximate surface area is 133 Å². The summed E-state index contributed by atoms with van der Waals surface area (Å²) in [4.78, 5) is 19.7. The van der Waals surface area contributed by atoms with Crippen LogP contribution < -0.4 is 5.32 Å². The molecule has 1 amide bonds. The van der Waals surface area contributed by atoms with Gasteiger partial charge < -0.3 is 14.8 Å². The maximum Gasteiger partial charge on any atom is 0.226 e. The van der Waals surface area contributed by atoms with Gasteiger partial charge >= 0.3 is 0 Å². The van der Waals surface area contributed by atoms with Crippen molar-refractivity contribution in [1.29, 1.82) is 0 Å². The van der Waals surface area contributed by atoms with Gasteiger partial charge in [0.1, 0.15) is 11.9 Å². The van der Waals surface area contributed by atoms with Gasteiger partial charge in [0, 0.05) is 45.0 Å². The van der Waals surface area contributed by atoms with E-state index in [4.69, 9.17) is 0 Å². The minimum Gasteiger partial charge on any atom is -0.336 e. The van der Waals surface area contributed by atoms with Crippen LogP contribution >= 0.6 is 0 Å². The molecule has 5 nitrogen and oxygen atoms in total. The zero-order valence-electron chi connectivity index (χ0n) is 13.6. The van der Waals surface area contributed by atoms with E-state index in [1.165, 1.54) is 32.1 Å². The summed E-state index contributed by atoms with van der Waals surface area (Å²) < 4.78 is 2.04. The van der Waals surface area contributed by atoms with E-state index in [0.29, 0.717) is 5.91 Å². The van der Waals surface area contributed by atoms with Crippen LogP contribution in [0.25, 0.3) is 0 Å². The fourth-order valence-electron chi connectivity index (χ4n) is 3.83. The number of nitrogens with one attached hydrogen (secondary N) is 1. The Hall–Kier alpha value is -1.36. The van der Waals surface area contributed by atoms with Gasteiger partial charge in [0.05, 0.1) is 0 Å². The fraction of sp³-hybridized carbons (Fsp3) is 0.765. The Morgan fingerprint density at radius 3 is 2.64 bits per heavy atom. The molecule has 1 saturated heterocycles. The average molecular weight is 304 g/mol. The smallest absolute Gasteiger partial charge is 0.226 e. The minimum atomic E-state index is 0.0756. The summed E-state index contributed by atoms with van der Waals surface area (Å²) >= 11 is 0. The predicted octanol–water partition coefficient (Wildman–Crippen LogP) is 2.25. The Kier molecular flexibility index (Phi) is 5.13. The molecule has 1 aliphatic carbocycles. The number of aromatic nitrogens is 2. The van der Waals surface area contributed by atoms with E-state index in [0.717, 1.165) is 38.3 Å². The number of hydrogen-bond acceptors (Lipinski definition) is 3. The highest BCUT2D eigenvalue weighted by Crippen LogP contribution is 2.28. The number of carbonyl (C=O) groups is 1. The second-order valence-corrected chi connectivity index (χ2v) is 6.69. The van der Waals surface area contributed by atoms with Gasteiger partial charge in [-0.1, -0.05) is 32.1 Å². The molecule has 1 aromatic rings. The van der Waals surface area contributed by atoms with Gasteiger partial charge in [-0.05, 0) is 12.8 Å². The van der Waals surface area contributed by atoms with Gasteiger partial charge in [-0.2, -0.15) is 0 Å². The molecule has 1 aliphatic heterocycles. The minimum absolute atomic E-state index is 0.0756. The van der Waals surface area contributed by atoms with Crippen molar-refractivity contribution in [2.75, 3.05) is 19.6 Å². The number of nitrogens with zero attached hydrogens (tertiary/aromatic N) is 3. The van der Waals surface area contributed by atoms with Crippen molar-refractivity contribution < 1.29 is 4.79 Å². The van der Waals surface area contributed by atoms with Gasteiger partial charge in [0.25, 0.3) is 0 Å². The molecule has 1 N–H and O–H groups in total. The van der Waals surface area contributed by atoms with Gasteiger partial charge in [0.2, 0.25) is 5.91 Å². The standard InChI is InChI=1S/C17H28N4O/c1-20-11-10-19-16(20)15-13-18-9-12-21(15)17(22)14-7-5-3-2-4-6-8-14/h10-11,14-15,18H,2-9,12-13H2,1H3. The molecule has 0 bridgehead atoms. The van der Waals surface area contributed by atoms with Gasteiger partial charge in [-0.3, -0.25) is 4.79 Å². The number of piperazine rings is 1. The van der Waals surface area contributed by atoms with Crippen molar-refractivity contribution in [3.63, 3.8) is 0 Å². The van der Waals surface area contributed by atoms with E-state index in [9.17, 15) is 4.79 Å². The highest BCUT2D eigenvalue weighted by atomic mass is 16.2. The lowest BCUT2D eigenvalue weighted by Gasteiger charge is -2.38. The first-order valence-electron chi connectivity index (χ1n) is 8.76. The summed E-state index contributed by atoms with van der Waals surface area (Å²) in [6.07, 6.45) is 12.2. The summed E-state index contributed by atoms with van der Waals surface area (Å²) in [5.41, 5.74) is 0. The van der Waals surface area contributed by atoms with Crippen molar-refractivity contribution in [2.45, 2.75) is 51.0 Å². The summed E-state index contributed by atoms with van der Waals surface area (Å²) in [6, 6.07) is 0.0756. The molecule has 3 rings (SSSR count). The van der Waals surface area contributed by atoms with Gasteiger partial charge in [0.15, 0.2) is 0 Å². The van der Waals surface area contributed by atoms with Crippen LogP contribution in [0.1, 0.15) is 56.8 Å². The molecule has 2 aliphatic rings. The monoisotopic (exact) mass is 304 g/mol. The molecule has 5 heteroatoms. The lowest BCUT2D eigenvalue weighted by Crippen LogP contribution is -2.51. The lowest BCUT2D eigenvalue weighted by molar-refractivity contribution is -0.140. The maximum absolute atomic E-state index is 13.1. The van der Waals surface area contributed by atoms with E-state index >= 15 is 0 Å². The Morgan fingerprint density at radius 1 is 1.23 bits per heavy atom. The zero-order chi connectivity index (χ0) is 15.4. The molecule has 1 atom stereocenters. The number of aryl methyl sites for hydroxylation is 1. The molecule has 1 aromatic heterocycles. The molecule has 0 spiro atoms. The largest absolute Gasteiger partial charge is 0.336 e. The molecular formula is C17H28N4O. The molecule has 0 aromatic carbocycles. The third-order valence-corrected chi connectivity index (χ3v) is 5.14. The average Bonchev–Trinajstić information content (AvgIpc) is 2.92. The van der Waals surface area contributed by atoms with Gasteiger partial charge in [-0.15, -0.1) is 0 Å². The third kappa shape index (κ3) is 3.35. The van der Waals surface area contributed by atoms with Crippen LogP contribution in [0, 0.1) is 5.92 Å². The number of hydrogen-bond donors (Lipinski definition) is 1. The lowest BCUT2D eigenvalue weighted by atomic mass is 9.89. The number of rotatable bonds is 2. The SMILES string of the molecule is Cn1ccnc1C1CNCCN1C(=O)C1CCCCCCC1. The zero-order valence-corrected chi connectivity index (χ0v) is 13.6. The predicted molar refractivity (Wildman–Crippen MR) is 86.3 cm³/mol. The molecule has 1 unspecified atom stereocenters. The second-order valence-electron chi connectivity index (χ2n) is 6.69.